The molecule has 72 valence electrons. The van der Waals surface area contributed by atoms with Gasteiger partial charge in [-0.15, -0.1) is 0 Å². The number of rotatable bonds is 2. The van der Waals surface area contributed by atoms with Crippen molar-refractivity contribution in [1.29, 1.82) is 0 Å². The summed E-state index contributed by atoms with van der Waals surface area (Å²) in [6.45, 7) is 6.62. The Kier molecular flexibility index (Phi) is 1.86. The highest BCUT2D eigenvalue weighted by molar-refractivity contribution is 5.88. The summed E-state index contributed by atoms with van der Waals surface area (Å²) in [7, 11) is 0. The van der Waals surface area contributed by atoms with E-state index in [0.29, 0.717) is 29.0 Å². The molecule has 2 saturated carbocycles. The van der Waals surface area contributed by atoms with E-state index < -0.39 is 0 Å². The van der Waals surface area contributed by atoms with Gasteiger partial charge in [0.15, 0.2) is 0 Å². The van der Waals surface area contributed by atoms with Crippen molar-refractivity contribution in [3.8, 4) is 0 Å². The molecule has 13 heavy (non-hydrogen) atoms. The van der Waals surface area contributed by atoms with Crippen LogP contribution in [0.25, 0.3) is 0 Å². The minimum atomic E-state index is 0.350. The smallest absolute Gasteiger partial charge is 0.137 e. The van der Waals surface area contributed by atoms with Crippen molar-refractivity contribution in [1.82, 2.24) is 0 Å². The summed E-state index contributed by atoms with van der Waals surface area (Å²) in [5.41, 5.74) is 0.350. The van der Waals surface area contributed by atoms with E-state index >= 15 is 0 Å². The van der Waals surface area contributed by atoms with Crippen molar-refractivity contribution >= 4 is 5.78 Å². The Morgan fingerprint density at radius 1 is 1.54 bits per heavy atom. The van der Waals surface area contributed by atoms with Crippen LogP contribution in [0.2, 0.25) is 0 Å². The molecule has 2 aliphatic rings. The predicted molar refractivity (Wildman–Crippen MR) is 53.3 cm³/mol. The zero-order chi connectivity index (χ0) is 9.64. The van der Waals surface area contributed by atoms with E-state index in [1.54, 1.807) is 0 Å². The van der Waals surface area contributed by atoms with E-state index in [0.717, 1.165) is 12.8 Å². The second kappa shape index (κ2) is 2.70. The first-order chi connectivity index (χ1) is 6.05. The molecule has 0 radical (unpaired) electrons. The first-order valence-corrected chi connectivity index (χ1v) is 5.27. The summed E-state index contributed by atoms with van der Waals surface area (Å²) in [5, 5.41) is 0. The molecule has 0 N–H and O–H groups in total. The number of fused-ring (bicyclic) bond motifs is 1. The minimum Gasteiger partial charge on any atom is -0.299 e. The Bertz CT molecular complexity index is 264. The quantitative estimate of drug-likeness (QED) is 0.594. The average Bonchev–Trinajstić information content (AvgIpc) is 2.52. The predicted octanol–water partition coefficient (Wildman–Crippen LogP) is 2.81. The molecule has 0 aromatic rings. The number of allylic oxidation sites excluding steroid dienone is 2. The van der Waals surface area contributed by atoms with Crippen molar-refractivity contribution in [2.24, 2.45) is 23.2 Å². The molecule has 0 aromatic heterocycles. The van der Waals surface area contributed by atoms with Gasteiger partial charge in [0, 0.05) is 12.3 Å². The fourth-order valence-electron chi connectivity index (χ4n) is 2.71. The van der Waals surface area contributed by atoms with Gasteiger partial charge in [0.05, 0.1) is 0 Å². The Labute approximate surface area is 80.2 Å². The summed E-state index contributed by atoms with van der Waals surface area (Å²) < 4.78 is 0. The van der Waals surface area contributed by atoms with Crippen LogP contribution in [0.15, 0.2) is 12.2 Å². The molecule has 0 amide bonds. The highest BCUT2D eigenvalue weighted by Gasteiger charge is 2.66. The minimum absolute atomic E-state index is 0.350. The molecule has 3 unspecified atom stereocenters. The van der Waals surface area contributed by atoms with E-state index in [-0.39, 0.29) is 0 Å². The van der Waals surface area contributed by atoms with Gasteiger partial charge < -0.3 is 0 Å². The van der Waals surface area contributed by atoms with Gasteiger partial charge >= 0.3 is 0 Å². The third-order valence-electron chi connectivity index (χ3n) is 3.68. The number of ketones is 1. The van der Waals surface area contributed by atoms with Crippen molar-refractivity contribution in [3.05, 3.63) is 12.2 Å². The molecule has 3 atom stereocenters. The fraction of sp³-hybridized carbons (Fsp3) is 0.750. The van der Waals surface area contributed by atoms with Gasteiger partial charge in [0.1, 0.15) is 5.78 Å². The molecular formula is C12H18O. The molecule has 0 aromatic carbocycles. The largest absolute Gasteiger partial charge is 0.299 e. The number of Topliss-reactive ketones (excluding diaryl/α,β-unsaturated/α-hetero) is 1. The molecule has 0 heterocycles. The SMILES string of the molecule is CC(C)/C=C/C1C2C(=O)CCC12C. The molecule has 0 bridgehead atoms. The maximum absolute atomic E-state index is 11.4. The van der Waals surface area contributed by atoms with Gasteiger partial charge in [-0.3, -0.25) is 4.79 Å². The second-order valence-electron chi connectivity index (χ2n) is 5.10. The van der Waals surface area contributed by atoms with Gasteiger partial charge in [0.25, 0.3) is 0 Å². The molecule has 2 aliphatic carbocycles. The molecule has 1 nitrogen and oxygen atoms in total. The van der Waals surface area contributed by atoms with Crippen LogP contribution < -0.4 is 0 Å². The normalized spacial score (nSPS) is 43.2. The maximum atomic E-state index is 11.4. The van der Waals surface area contributed by atoms with Gasteiger partial charge in [0.2, 0.25) is 0 Å². The highest BCUT2D eigenvalue weighted by atomic mass is 16.1. The molecule has 2 rings (SSSR count). The van der Waals surface area contributed by atoms with Crippen LogP contribution in [-0.2, 0) is 4.79 Å². The van der Waals surface area contributed by atoms with Crippen LogP contribution >= 0.6 is 0 Å². The average molecular weight is 178 g/mol. The lowest BCUT2D eigenvalue weighted by Crippen LogP contribution is -1.98. The molecule has 2 fully saturated rings. The molecular weight excluding hydrogens is 160 g/mol. The Hall–Kier alpha value is -0.590. The van der Waals surface area contributed by atoms with Crippen molar-refractivity contribution in [2.45, 2.75) is 33.6 Å². The zero-order valence-electron chi connectivity index (χ0n) is 8.71. The van der Waals surface area contributed by atoms with Crippen molar-refractivity contribution in [3.63, 3.8) is 0 Å². The molecule has 0 spiro atoms. The Morgan fingerprint density at radius 3 is 2.69 bits per heavy atom. The molecule has 1 heteroatoms. The van der Waals surface area contributed by atoms with Crippen LogP contribution in [0, 0.1) is 23.2 Å². The lowest BCUT2D eigenvalue weighted by atomic mass is 10.0. The van der Waals surface area contributed by atoms with Crippen LogP contribution in [0.5, 0.6) is 0 Å². The van der Waals surface area contributed by atoms with E-state index in [4.69, 9.17) is 0 Å². The van der Waals surface area contributed by atoms with E-state index in [9.17, 15) is 4.79 Å². The topological polar surface area (TPSA) is 17.1 Å². The van der Waals surface area contributed by atoms with E-state index in [2.05, 4.69) is 32.9 Å². The third kappa shape index (κ3) is 1.25. The highest BCUT2D eigenvalue weighted by Crippen LogP contribution is 2.67. The summed E-state index contributed by atoms with van der Waals surface area (Å²) in [4.78, 5) is 11.4. The van der Waals surface area contributed by atoms with Crippen LogP contribution in [0.3, 0.4) is 0 Å². The van der Waals surface area contributed by atoms with Gasteiger partial charge in [-0.25, -0.2) is 0 Å². The lowest BCUT2D eigenvalue weighted by Gasteiger charge is -2.03. The van der Waals surface area contributed by atoms with Gasteiger partial charge in [-0.1, -0.05) is 32.9 Å². The Morgan fingerprint density at radius 2 is 2.23 bits per heavy atom. The monoisotopic (exact) mass is 178 g/mol. The number of carbonyl (C=O) groups is 1. The Balaban J connectivity index is 2.03. The summed E-state index contributed by atoms with van der Waals surface area (Å²) in [6, 6.07) is 0. The van der Waals surface area contributed by atoms with Gasteiger partial charge in [-0.05, 0) is 23.7 Å². The summed E-state index contributed by atoms with van der Waals surface area (Å²) in [6.07, 6.45) is 6.45. The number of hydrogen-bond donors (Lipinski definition) is 0. The summed E-state index contributed by atoms with van der Waals surface area (Å²) >= 11 is 0. The van der Waals surface area contributed by atoms with E-state index in [1.165, 1.54) is 0 Å². The first-order valence-electron chi connectivity index (χ1n) is 5.27. The zero-order valence-corrected chi connectivity index (χ0v) is 8.71. The molecule has 0 saturated heterocycles. The standard InChI is InChI=1S/C12H18O/c1-8(2)4-5-9-11-10(13)6-7-12(9,11)3/h4-5,8-9,11H,6-7H2,1-3H3/b5-4+. The number of carbonyl (C=O) groups excluding carboxylic acids is 1. The number of hydrogen-bond acceptors (Lipinski definition) is 1. The van der Waals surface area contributed by atoms with E-state index in [1.807, 2.05) is 0 Å². The first kappa shape index (κ1) is 8.98. The van der Waals surface area contributed by atoms with Crippen LogP contribution in [-0.4, -0.2) is 5.78 Å². The van der Waals surface area contributed by atoms with Crippen molar-refractivity contribution in [2.75, 3.05) is 0 Å². The second-order valence-corrected chi connectivity index (χ2v) is 5.10. The molecule has 0 aliphatic heterocycles. The van der Waals surface area contributed by atoms with Crippen LogP contribution in [0.1, 0.15) is 33.6 Å². The third-order valence-corrected chi connectivity index (χ3v) is 3.68. The fourth-order valence-corrected chi connectivity index (χ4v) is 2.71. The lowest BCUT2D eigenvalue weighted by molar-refractivity contribution is -0.119. The van der Waals surface area contributed by atoms with Crippen LogP contribution in [0.4, 0.5) is 0 Å². The summed E-state index contributed by atoms with van der Waals surface area (Å²) in [5.74, 6) is 2.06. The van der Waals surface area contributed by atoms with Crippen molar-refractivity contribution < 1.29 is 4.79 Å². The maximum Gasteiger partial charge on any atom is 0.137 e. The van der Waals surface area contributed by atoms with Gasteiger partial charge in [-0.2, -0.15) is 0 Å².